The lowest BCUT2D eigenvalue weighted by Crippen LogP contribution is -2.01. The minimum Gasteiger partial charge on any atom is -0.497 e. The topological polar surface area (TPSA) is 43.4 Å². The minimum absolute atomic E-state index is 0.0826. The van der Waals surface area contributed by atoms with Gasteiger partial charge >= 0.3 is 0 Å². The van der Waals surface area contributed by atoms with E-state index in [0.717, 1.165) is 22.3 Å². The number of hydrogen-bond acceptors (Lipinski definition) is 3. The third-order valence-corrected chi connectivity index (χ3v) is 3.71. The van der Waals surface area contributed by atoms with Crippen LogP contribution < -0.4 is 4.74 Å². The number of rotatable bonds is 6. The SMILES string of the molecule is COc1cc(CC(C)=O)cc(-c2cc(Cl)ccc2CC(C)=O)c1. The van der Waals surface area contributed by atoms with Gasteiger partial charge in [0.2, 0.25) is 0 Å². The quantitative estimate of drug-likeness (QED) is 0.794. The van der Waals surface area contributed by atoms with Crippen LogP contribution in [0.5, 0.6) is 5.75 Å². The summed E-state index contributed by atoms with van der Waals surface area (Å²) in [6, 6.07) is 11.2. The van der Waals surface area contributed by atoms with Crippen LogP contribution in [0.25, 0.3) is 11.1 Å². The third-order valence-electron chi connectivity index (χ3n) is 3.48. The van der Waals surface area contributed by atoms with E-state index in [1.54, 1.807) is 27.0 Å². The minimum atomic E-state index is 0.0826. The highest BCUT2D eigenvalue weighted by molar-refractivity contribution is 6.30. The van der Waals surface area contributed by atoms with Gasteiger partial charge in [-0.3, -0.25) is 9.59 Å². The van der Waals surface area contributed by atoms with Crippen molar-refractivity contribution < 1.29 is 14.3 Å². The number of Topliss-reactive ketones (excluding diaryl/α,β-unsaturated/α-hetero) is 2. The number of carbonyl (C=O) groups excluding carboxylic acids is 2. The van der Waals surface area contributed by atoms with E-state index in [1.165, 1.54) is 0 Å². The Morgan fingerprint density at radius 3 is 2.30 bits per heavy atom. The molecule has 0 heterocycles. The van der Waals surface area contributed by atoms with E-state index in [2.05, 4.69) is 0 Å². The molecule has 120 valence electrons. The summed E-state index contributed by atoms with van der Waals surface area (Å²) in [5.74, 6) is 0.840. The number of ether oxygens (including phenoxy) is 1. The molecule has 3 nitrogen and oxygen atoms in total. The second-order valence-electron chi connectivity index (χ2n) is 5.63. The van der Waals surface area contributed by atoms with Crippen LogP contribution in [-0.4, -0.2) is 18.7 Å². The van der Waals surface area contributed by atoms with Gasteiger partial charge in [0.1, 0.15) is 17.3 Å². The molecule has 0 spiro atoms. The van der Waals surface area contributed by atoms with Crippen LogP contribution in [0.2, 0.25) is 5.02 Å². The van der Waals surface area contributed by atoms with Crippen molar-refractivity contribution in [3.8, 4) is 16.9 Å². The second-order valence-corrected chi connectivity index (χ2v) is 6.07. The number of halogens is 1. The summed E-state index contributed by atoms with van der Waals surface area (Å²) >= 11 is 6.13. The molecule has 0 fully saturated rings. The number of methoxy groups -OCH3 is 1. The Bertz CT molecular complexity index is 750. The van der Waals surface area contributed by atoms with Crippen LogP contribution in [0, 0.1) is 0 Å². The van der Waals surface area contributed by atoms with Gasteiger partial charge in [-0.05, 0) is 60.4 Å². The van der Waals surface area contributed by atoms with E-state index in [-0.39, 0.29) is 11.6 Å². The third kappa shape index (κ3) is 4.67. The fourth-order valence-corrected chi connectivity index (χ4v) is 2.74. The molecule has 23 heavy (non-hydrogen) atoms. The van der Waals surface area contributed by atoms with Gasteiger partial charge in [0, 0.05) is 17.9 Å². The van der Waals surface area contributed by atoms with E-state index in [4.69, 9.17) is 16.3 Å². The molecular formula is C19H19ClO3. The van der Waals surface area contributed by atoms with Crippen molar-refractivity contribution in [2.24, 2.45) is 0 Å². The molecule has 0 aliphatic carbocycles. The average molecular weight is 331 g/mol. The van der Waals surface area contributed by atoms with Crippen molar-refractivity contribution in [3.05, 3.63) is 52.5 Å². The zero-order valence-corrected chi connectivity index (χ0v) is 14.2. The highest BCUT2D eigenvalue weighted by Crippen LogP contribution is 2.31. The normalized spacial score (nSPS) is 10.4. The smallest absolute Gasteiger partial charge is 0.134 e. The van der Waals surface area contributed by atoms with Gasteiger partial charge < -0.3 is 4.74 Å². The average Bonchev–Trinajstić information content (AvgIpc) is 2.47. The van der Waals surface area contributed by atoms with Crippen LogP contribution in [0.3, 0.4) is 0 Å². The van der Waals surface area contributed by atoms with Crippen LogP contribution >= 0.6 is 11.6 Å². The molecule has 0 saturated heterocycles. The lowest BCUT2D eigenvalue weighted by molar-refractivity contribution is -0.117. The standard InChI is InChI=1S/C19H19ClO3/c1-12(21)6-14-8-16(10-18(9-14)23-3)19-11-17(20)5-4-15(19)7-13(2)22/h4-5,8-11H,6-7H2,1-3H3. The van der Waals surface area contributed by atoms with Gasteiger partial charge in [0.25, 0.3) is 0 Å². The maximum atomic E-state index is 11.5. The first-order chi connectivity index (χ1) is 10.9. The molecule has 0 radical (unpaired) electrons. The van der Waals surface area contributed by atoms with Crippen LogP contribution in [0.1, 0.15) is 25.0 Å². The second kappa shape index (κ2) is 7.42. The van der Waals surface area contributed by atoms with E-state index in [0.29, 0.717) is 23.6 Å². The molecule has 0 amide bonds. The molecule has 0 N–H and O–H groups in total. The molecule has 2 aromatic rings. The van der Waals surface area contributed by atoms with Crippen molar-refractivity contribution in [2.45, 2.75) is 26.7 Å². The molecule has 0 saturated carbocycles. The summed E-state index contributed by atoms with van der Waals surface area (Å²) in [4.78, 5) is 22.9. The van der Waals surface area contributed by atoms with Crippen molar-refractivity contribution in [2.75, 3.05) is 7.11 Å². The van der Waals surface area contributed by atoms with Crippen molar-refractivity contribution in [1.82, 2.24) is 0 Å². The van der Waals surface area contributed by atoms with Crippen molar-refractivity contribution >= 4 is 23.2 Å². The van der Waals surface area contributed by atoms with Gasteiger partial charge in [-0.15, -0.1) is 0 Å². The molecule has 0 unspecified atom stereocenters. The number of carbonyl (C=O) groups is 2. The van der Waals surface area contributed by atoms with E-state index < -0.39 is 0 Å². The molecule has 0 aliphatic heterocycles. The fraction of sp³-hybridized carbons (Fsp3) is 0.263. The highest BCUT2D eigenvalue weighted by atomic mass is 35.5. The Labute approximate surface area is 141 Å². The lowest BCUT2D eigenvalue weighted by atomic mass is 9.94. The van der Waals surface area contributed by atoms with Gasteiger partial charge in [0.05, 0.1) is 7.11 Å². The molecule has 2 rings (SSSR count). The zero-order chi connectivity index (χ0) is 17.0. The predicted molar refractivity (Wildman–Crippen MR) is 92.2 cm³/mol. The first kappa shape index (κ1) is 17.2. The first-order valence-electron chi connectivity index (χ1n) is 7.34. The van der Waals surface area contributed by atoms with Gasteiger partial charge in [-0.25, -0.2) is 0 Å². The molecule has 0 aromatic heterocycles. The molecule has 0 bridgehead atoms. The summed E-state index contributed by atoms with van der Waals surface area (Å²) in [5.41, 5.74) is 3.56. The molecular weight excluding hydrogens is 312 g/mol. The molecule has 4 heteroatoms. The molecule has 2 aromatic carbocycles. The summed E-state index contributed by atoms with van der Waals surface area (Å²) in [6.07, 6.45) is 0.679. The Balaban J connectivity index is 2.57. The van der Waals surface area contributed by atoms with Gasteiger partial charge in [0.15, 0.2) is 0 Å². The zero-order valence-electron chi connectivity index (χ0n) is 13.5. The van der Waals surface area contributed by atoms with Gasteiger partial charge in [-0.2, -0.15) is 0 Å². The van der Waals surface area contributed by atoms with E-state index in [9.17, 15) is 9.59 Å². The number of ketones is 2. The van der Waals surface area contributed by atoms with E-state index in [1.807, 2.05) is 30.3 Å². The van der Waals surface area contributed by atoms with Crippen LogP contribution in [0.4, 0.5) is 0 Å². The van der Waals surface area contributed by atoms with Crippen LogP contribution in [0.15, 0.2) is 36.4 Å². The Hall–Kier alpha value is -2.13. The predicted octanol–water partition coefficient (Wildman–Crippen LogP) is 4.28. The van der Waals surface area contributed by atoms with E-state index >= 15 is 0 Å². The first-order valence-corrected chi connectivity index (χ1v) is 7.72. The summed E-state index contributed by atoms with van der Waals surface area (Å²) < 4.78 is 5.34. The summed E-state index contributed by atoms with van der Waals surface area (Å²) in [7, 11) is 1.59. The number of hydrogen-bond donors (Lipinski definition) is 0. The Kier molecular flexibility index (Phi) is 5.56. The monoisotopic (exact) mass is 330 g/mol. The van der Waals surface area contributed by atoms with Crippen molar-refractivity contribution in [3.63, 3.8) is 0 Å². The molecule has 0 aliphatic rings. The maximum Gasteiger partial charge on any atom is 0.134 e. The summed E-state index contributed by atoms with van der Waals surface area (Å²) in [5, 5.41) is 0.600. The summed E-state index contributed by atoms with van der Waals surface area (Å²) in [6.45, 7) is 3.12. The molecule has 0 atom stereocenters. The lowest BCUT2D eigenvalue weighted by Gasteiger charge is -2.13. The fourth-order valence-electron chi connectivity index (χ4n) is 2.56. The Morgan fingerprint density at radius 1 is 1.00 bits per heavy atom. The highest BCUT2D eigenvalue weighted by Gasteiger charge is 2.11. The maximum absolute atomic E-state index is 11.5. The van der Waals surface area contributed by atoms with Gasteiger partial charge in [-0.1, -0.05) is 23.7 Å². The number of benzene rings is 2. The largest absolute Gasteiger partial charge is 0.497 e. The Morgan fingerprint density at radius 2 is 1.70 bits per heavy atom. The van der Waals surface area contributed by atoms with Crippen LogP contribution in [-0.2, 0) is 22.4 Å². The van der Waals surface area contributed by atoms with Crippen molar-refractivity contribution in [1.29, 1.82) is 0 Å².